The molecule has 1 aromatic carbocycles. The molecule has 2 rings (SSSR count). The highest BCUT2D eigenvalue weighted by atomic mass is 79.9. The number of halogens is 3. The zero-order chi connectivity index (χ0) is 17.1. The van der Waals surface area contributed by atoms with Crippen molar-refractivity contribution in [3.8, 4) is 12.1 Å². The van der Waals surface area contributed by atoms with Gasteiger partial charge in [-0.3, -0.25) is 0 Å². The zero-order valence-electron chi connectivity index (χ0n) is 12.6. The molecule has 1 fully saturated rings. The second kappa shape index (κ2) is 7.53. The Morgan fingerprint density at radius 3 is 2.26 bits per heavy atom. The maximum atomic E-state index is 9.22. The number of benzene rings is 1. The molecule has 4 nitrogen and oxygen atoms in total. The Morgan fingerprint density at radius 2 is 1.70 bits per heavy atom. The molecule has 0 spiro atoms. The third kappa shape index (κ3) is 3.98. The quantitative estimate of drug-likeness (QED) is 0.440. The Morgan fingerprint density at radius 1 is 1.09 bits per heavy atom. The molecule has 0 unspecified atom stereocenters. The largest absolute Gasteiger partial charge is 0.383 e. The molecule has 0 bridgehead atoms. The van der Waals surface area contributed by atoms with E-state index in [-0.39, 0.29) is 5.57 Å². The number of rotatable bonds is 2. The predicted octanol–water partition coefficient (Wildman–Crippen LogP) is 4.58. The second-order valence-electron chi connectivity index (χ2n) is 5.27. The van der Waals surface area contributed by atoms with Crippen LogP contribution in [0.1, 0.15) is 0 Å². The topological polar surface area (TPSA) is 54.1 Å². The fourth-order valence-corrected chi connectivity index (χ4v) is 3.98. The summed E-state index contributed by atoms with van der Waals surface area (Å²) in [4.78, 5) is 4.07. The van der Waals surface area contributed by atoms with Crippen LogP contribution >= 0.6 is 47.8 Å². The minimum atomic E-state index is 0.174. The summed E-state index contributed by atoms with van der Waals surface area (Å²) in [5.74, 6) is 0. The summed E-state index contributed by atoms with van der Waals surface area (Å²) in [5, 5.41) is 18.4. The van der Waals surface area contributed by atoms with Gasteiger partial charge in [-0.15, -0.1) is 0 Å². The Hall–Kier alpha value is -1.28. The molecule has 0 N–H and O–H groups in total. The van der Waals surface area contributed by atoms with Gasteiger partial charge in [0, 0.05) is 52.4 Å². The second-order valence-corrected chi connectivity index (χ2v) is 7.83. The van der Waals surface area contributed by atoms with Crippen molar-refractivity contribution in [1.82, 2.24) is 4.90 Å². The van der Waals surface area contributed by atoms with Crippen molar-refractivity contribution in [2.75, 3.05) is 32.1 Å². The van der Waals surface area contributed by atoms with Gasteiger partial charge in [-0.2, -0.15) is 10.5 Å². The van der Waals surface area contributed by atoms with Gasteiger partial charge in [0.05, 0.1) is 5.69 Å². The molecular weight excluding hydrogens is 488 g/mol. The average molecular weight is 501 g/mol. The summed E-state index contributed by atoms with van der Waals surface area (Å²) in [6.07, 6.45) is 1.96. The molecule has 1 heterocycles. The van der Waals surface area contributed by atoms with Crippen LogP contribution in [-0.2, 0) is 0 Å². The van der Waals surface area contributed by atoms with Crippen LogP contribution in [0.4, 0.5) is 5.69 Å². The van der Waals surface area contributed by atoms with E-state index in [0.717, 1.165) is 30.3 Å². The summed E-state index contributed by atoms with van der Waals surface area (Å²) in [7, 11) is 3.86. The van der Waals surface area contributed by atoms with E-state index >= 15 is 0 Å². The Labute approximate surface area is 161 Å². The van der Waals surface area contributed by atoms with Crippen LogP contribution in [0.5, 0.6) is 0 Å². The maximum absolute atomic E-state index is 9.22. The molecule has 1 saturated heterocycles. The highest BCUT2D eigenvalue weighted by Crippen LogP contribution is 2.38. The van der Waals surface area contributed by atoms with Crippen molar-refractivity contribution < 1.29 is 0 Å². The summed E-state index contributed by atoms with van der Waals surface area (Å²) in [5.41, 5.74) is 2.96. The third-order valence-electron chi connectivity index (χ3n) is 3.37. The Kier molecular flexibility index (Phi) is 5.91. The molecule has 0 radical (unpaired) electrons. The first-order chi connectivity index (χ1) is 10.9. The van der Waals surface area contributed by atoms with Gasteiger partial charge < -0.3 is 9.80 Å². The van der Waals surface area contributed by atoms with E-state index in [1.165, 1.54) is 0 Å². The molecule has 0 amide bonds. The fraction of sp³-hybridized carbons (Fsp3) is 0.250. The number of hydrogen-bond donors (Lipinski definition) is 0. The van der Waals surface area contributed by atoms with Crippen LogP contribution in [0.25, 0.3) is 0 Å². The Balaban J connectivity index is 2.50. The van der Waals surface area contributed by atoms with E-state index in [1.54, 1.807) is 0 Å². The Bertz CT molecular complexity index is 766. The maximum Gasteiger partial charge on any atom is 0.135 e. The van der Waals surface area contributed by atoms with Gasteiger partial charge in [-0.05, 0) is 65.5 Å². The van der Waals surface area contributed by atoms with E-state index < -0.39 is 0 Å². The zero-order valence-corrected chi connectivity index (χ0v) is 17.3. The van der Waals surface area contributed by atoms with Gasteiger partial charge >= 0.3 is 0 Å². The molecule has 23 heavy (non-hydrogen) atoms. The molecule has 0 aliphatic carbocycles. The monoisotopic (exact) mass is 498 g/mol. The standard InChI is InChI=1S/C16H13Br3N4/c1-22(2)7-11-8-23(9-12(11)10(5-20)6-21)16-4-14(18)13(17)3-15(16)19/h3-4,7H,8-9H2,1-2H3. The normalized spacial score (nSPS) is 15.5. The van der Waals surface area contributed by atoms with E-state index in [0.29, 0.717) is 13.1 Å². The summed E-state index contributed by atoms with van der Waals surface area (Å²) < 4.78 is 2.86. The number of allylic oxidation sites excluding steroid dienone is 1. The lowest BCUT2D eigenvalue weighted by atomic mass is 10.1. The number of anilines is 1. The van der Waals surface area contributed by atoms with Crippen LogP contribution in [0.2, 0.25) is 0 Å². The van der Waals surface area contributed by atoms with E-state index in [9.17, 15) is 10.5 Å². The van der Waals surface area contributed by atoms with Gasteiger partial charge in [-0.1, -0.05) is 0 Å². The first kappa shape index (κ1) is 18.1. The van der Waals surface area contributed by atoms with E-state index in [4.69, 9.17) is 0 Å². The lowest BCUT2D eigenvalue weighted by molar-refractivity contribution is 0.559. The smallest absolute Gasteiger partial charge is 0.135 e. The van der Waals surface area contributed by atoms with Crippen molar-refractivity contribution in [2.45, 2.75) is 0 Å². The van der Waals surface area contributed by atoms with Gasteiger partial charge in [0.15, 0.2) is 0 Å². The molecule has 0 aromatic heterocycles. The van der Waals surface area contributed by atoms with Crippen LogP contribution in [0.15, 0.2) is 48.5 Å². The minimum absolute atomic E-state index is 0.174. The molecule has 1 aliphatic heterocycles. The molecule has 0 saturated carbocycles. The van der Waals surface area contributed by atoms with Crippen molar-refractivity contribution in [3.05, 3.63) is 48.5 Å². The van der Waals surface area contributed by atoms with Crippen molar-refractivity contribution >= 4 is 53.5 Å². The van der Waals surface area contributed by atoms with Crippen molar-refractivity contribution in [2.24, 2.45) is 0 Å². The minimum Gasteiger partial charge on any atom is -0.383 e. The SMILES string of the molecule is CN(C)C=C1CN(c2cc(Br)c(Br)cc2Br)CC1=C(C#N)C#N. The van der Waals surface area contributed by atoms with Crippen LogP contribution < -0.4 is 4.90 Å². The molecule has 7 heteroatoms. The summed E-state index contributed by atoms with van der Waals surface area (Å²) in [6, 6.07) is 8.01. The van der Waals surface area contributed by atoms with Gasteiger partial charge in [0.2, 0.25) is 0 Å². The molecule has 1 aromatic rings. The number of hydrogen-bond acceptors (Lipinski definition) is 4. The van der Waals surface area contributed by atoms with Gasteiger partial charge in [0.1, 0.15) is 17.7 Å². The first-order valence-electron chi connectivity index (χ1n) is 6.67. The van der Waals surface area contributed by atoms with Crippen molar-refractivity contribution in [1.29, 1.82) is 10.5 Å². The summed E-state index contributed by atoms with van der Waals surface area (Å²) >= 11 is 10.6. The lowest BCUT2D eigenvalue weighted by Gasteiger charge is -2.19. The van der Waals surface area contributed by atoms with E-state index in [1.807, 2.05) is 49.5 Å². The average Bonchev–Trinajstić information content (AvgIpc) is 2.87. The fourth-order valence-electron chi connectivity index (χ4n) is 2.40. The summed E-state index contributed by atoms with van der Waals surface area (Å²) in [6.45, 7) is 1.18. The van der Waals surface area contributed by atoms with Gasteiger partial charge in [0.25, 0.3) is 0 Å². The predicted molar refractivity (Wildman–Crippen MR) is 102 cm³/mol. The highest BCUT2D eigenvalue weighted by Gasteiger charge is 2.27. The highest BCUT2D eigenvalue weighted by molar-refractivity contribution is 9.13. The van der Waals surface area contributed by atoms with E-state index in [2.05, 4.69) is 52.7 Å². The first-order valence-corrected chi connectivity index (χ1v) is 9.05. The van der Waals surface area contributed by atoms with Crippen LogP contribution in [-0.4, -0.2) is 32.1 Å². The van der Waals surface area contributed by atoms with Crippen LogP contribution in [0, 0.1) is 22.7 Å². The van der Waals surface area contributed by atoms with Crippen molar-refractivity contribution in [3.63, 3.8) is 0 Å². The molecule has 1 aliphatic rings. The number of nitriles is 2. The van der Waals surface area contributed by atoms with Gasteiger partial charge in [-0.25, -0.2) is 0 Å². The molecular formula is C16H13Br3N4. The number of nitrogens with zero attached hydrogens (tertiary/aromatic N) is 4. The lowest BCUT2D eigenvalue weighted by Crippen LogP contribution is -2.19. The third-order valence-corrected chi connectivity index (χ3v) is 5.85. The van der Waals surface area contributed by atoms with Crippen LogP contribution in [0.3, 0.4) is 0 Å². The molecule has 118 valence electrons. The molecule has 0 atom stereocenters.